The van der Waals surface area contributed by atoms with Crippen LogP contribution < -0.4 is 9.80 Å². The number of nitro benzene ring substituents is 1. The Hall–Kier alpha value is -4.66. The molecule has 0 bridgehead atoms. The number of amides is 2. The SMILES string of the molecule is O=C(c1cccc([N+](=O)[O-])c1)[C@@H]1[C@@H]2C(=O)N(c3ccc(F)cc3)C(=O)[C@@H]2[C@@H]2C=Cc3ccccc3N12. The topological polar surface area (TPSA) is 101 Å². The fourth-order valence-electron chi connectivity index (χ4n) is 5.60. The van der Waals surface area contributed by atoms with Gasteiger partial charge in [-0.2, -0.15) is 0 Å². The van der Waals surface area contributed by atoms with Crippen molar-refractivity contribution in [2.75, 3.05) is 9.80 Å². The largest absolute Gasteiger partial charge is 0.352 e. The summed E-state index contributed by atoms with van der Waals surface area (Å²) in [6.45, 7) is 0. The van der Waals surface area contributed by atoms with Gasteiger partial charge < -0.3 is 4.90 Å². The first kappa shape index (κ1) is 21.8. The first-order chi connectivity index (χ1) is 17.4. The minimum Gasteiger partial charge on any atom is -0.352 e. The highest BCUT2D eigenvalue weighted by Gasteiger charge is 2.64. The van der Waals surface area contributed by atoms with Gasteiger partial charge in [0.25, 0.3) is 5.69 Å². The third kappa shape index (κ3) is 3.09. The molecule has 2 amide bonds. The molecule has 3 aliphatic heterocycles. The molecule has 0 aromatic heterocycles. The van der Waals surface area contributed by atoms with Crippen LogP contribution in [0.5, 0.6) is 0 Å². The molecule has 6 rings (SSSR count). The van der Waals surface area contributed by atoms with Crippen LogP contribution in [-0.2, 0) is 9.59 Å². The fourth-order valence-corrected chi connectivity index (χ4v) is 5.60. The van der Waals surface area contributed by atoms with E-state index in [1.165, 1.54) is 48.5 Å². The van der Waals surface area contributed by atoms with Crippen molar-refractivity contribution < 1.29 is 23.7 Å². The van der Waals surface area contributed by atoms with Crippen molar-refractivity contribution in [3.05, 3.63) is 106 Å². The molecule has 0 N–H and O–H groups in total. The molecule has 36 heavy (non-hydrogen) atoms. The van der Waals surface area contributed by atoms with E-state index in [4.69, 9.17) is 0 Å². The summed E-state index contributed by atoms with van der Waals surface area (Å²) in [5.41, 5.74) is 1.61. The lowest BCUT2D eigenvalue weighted by Crippen LogP contribution is -2.48. The summed E-state index contributed by atoms with van der Waals surface area (Å²) in [5, 5.41) is 11.3. The number of fused-ring (bicyclic) bond motifs is 5. The summed E-state index contributed by atoms with van der Waals surface area (Å²) in [7, 11) is 0. The fraction of sp³-hybridized carbons (Fsp3) is 0.148. The lowest BCUT2D eigenvalue weighted by atomic mass is 9.86. The molecule has 0 unspecified atom stereocenters. The molecule has 2 saturated heterocycles. The van der Waals surface area contributed by atoms with Gasteiger partial charge in [-0.05, 0) is 35.9 Å². The Balaban J connectivity index is 1.49. The molecule has 2 fully saturated rings. The van der Waals surface area contributed by atoms with Gasteiger partial charge in [-0.15, -0.1) is 0 Å². The van der Waals surface area contributed by atoms with Crippen LogP contribution in [0.2, 0.25) is 0 Å². The average molecular weight is 483 g/mol. The maximum Gasteiger partial charge on any atom is 0.270 e. The highest BCUT2D eigenvalue weighted by molar-refractivity contribution is 6.25. The number of para-hydroxylation sites is 1. The molecule has 3 heterocycles. The predicted octanol–water partition coefficient (Wildman–Crippen LogP) is 4.01. The van der Waals surface area contributed by atoms with E-state index in [-0.39, 0.29) is 16.9 Å². The summed E-state index contributed by atoms with van der Waals surface area (Å²) in [6.07, 6.45) is 3.69. The Labute approximate surface area is 204 Å². The van der Waals surface area contributed by atoms with Crippen molar-refractivity contribution >= 4 is 40.7 Å². The van der Waals surface area contributed by atoms with E-state index < -0.39 is 52.3 Å². The Kier molecular flexibility index (Phi) is 4.82. The number of hydrogen-bond acceptors (Lipinski definition) is 6. The molecular weight excluding hydrogens is 465 g/mol. The number of carbonyl (C=O) groups is 3. The number of hydrogen-bond donors (Lipinski definition) is 0. The standard InChI is InChI=1S/C27H18FN3O5/c28-17-9-11-18(12-10-17)29-26(33)22-21-13-8-15-4-1-2-7-20(15)30(21)24(23(22)27(29)34)25(32)16-5-3-6-19(14-16)31(35)36/h1-14,21-24H/t21-,22+,23+,24-/m0/s1. The molecule has 178 valence electrons. The van der Waals surface area contributed by atoms with E-state index in [1.807, 2.05) is 36.4 Å². The molecule has 0 aliphatic carbocycles. The number of nitrogens with zero attached hydrogens (tertiary/aromatic N) is 3. The van der Waals surface area contributed by atoms with E-state index in [1.54, 1.807) is 4.90 Å². The maximum absolute atomic E-state index is 13.9. The second kappa shape index (κ2) is 7.94. The van der Waals surface area contributed by atoms with Crippen molar-refractivity contribution in [3.8, 4) is 0 Å². The second-order valence-electron chi connectivity index (χ2n) is 8.97. The van der Waals surface area contributed by atoms with Crippen molar-refractivity contribution in [1.82, 2.24) is 0 Å². The monoisotopic (exact) mass is 483 g/mol. The van der Waals surface area contributed by atoms with Gasteiger partial charge in [0.1, 0.15) is 11.9 Å². The number of non-ortho nitro benzene ring substituents is 1. The first-order valence-corrected chi connectivity index (χ1v) is 11.3. The number of rotatable bonds is 4. The molecule has 8 nitrogen and oxygen atoms in total. The van der Waals surface area contributed by atoms with E-state index in [2.05, 4.69) is 0 Å². The smallest absolute Gasteiger partial charge is 0.270 e. The number of Topliss-reactive ketones (excluding diaryl/α,β-unsaturated/α-hetero) is 1. The van der Waals surface area contributed by atoms with Gasteiger partial charge in [-0.1, -0.05) is 42.5 Å². The van der Waals surface area contributed by atoms with Crippen LogP contribution in [0.15, 0.2) is 78.9 Å². The highest BCUT2D eigenvalue weighted by Crippen LogP contribution is 2.49. The van der Waals surface area contributed by atoms with Gasteiger partial charge in [0.2, 0.25) is 11.8 Å². The number of anilines is 2. The number of imide groups is 1. The third-order valence-electron chi connectivity index (χ3n) is 7.11. The molecule has 3 aromatic carbocycles. The molecule has 4 atom stereocenters. The number of carbonyl (C=O) groups excluding carboxylic acids is 3. The summed E-state index contributed by atoms with van der Waals surface area (Å²) in [5.74, 6) is -3.88. The molecule has 3 aliphatic rings. The Bertz CT molecular complexity index is 1480. The zero-order valence-corrected chi connectivity index (χ0v) is 18.7. The Morgan fingerprint density at radius 2 is 1.64 bits per heavy atom. The van der Waals surface area contributed by atoms with Crippen molar-refractivity contribution in [1.29, 1.82) is 0 Å². The maximum atomic E-state index is 13.9. The first-order valence-electron chi connectivity index (χ1n) is 11.3. The molecule has 3 aromatic rings. The average Bonchev–Trinajstić information content (AvgIpc) is 3.37. The van der Waals surface area contributed by atoms with Crippen molar-refractivity contribution in [2.24, 2.45) is 11.8 Å². The molecule has 9 heteroatoms. The Morgan fingerprint density at radius 3 is 2.39 bits per heavy atom. The summed E-state index contributed by atoms with van der Waals surface area (Å²) >= 11 is 0. The number of nitro groups is 1. The zero-order chi connectivity index (χ0) is 25.1. The van der Waals surface area contributed by atoms with Crippen LogP contribution in [-0.4, -0.2) is 34.6 Å². The molecular formula is C27H18FN3O5. The molecule has 0 saturated carbocycles. The minimum absolute atomic E-state index is 0.0844. The number of ketones is 1. The Morgan fingerprint density at radius 1 is 0.917 bits per heavy atom. The van der Waals surface area contributed by atoms with Crippen LogP contribution in [0.25, 0.3) is 6.08 Å². The predicted molar refractivity (Wildman–Crippen MR) is 129 cm³/mol. The quantitative estimate of drug-likeness (QED) is 0.241. The number of benzene rings is 3. The van der Waals surface area contributed by atoms with Gasteiger partial charge in [0, 0.05) is 23.4 Å². The minimum atomic E-state index is -1.06. The van der Waals surface area contributed by atoms with Crippen LogP contribution in [0, 0.1) is 27.8 Å². The van der Waals surface area contributed by atoms with Gasteiger partial charge in [-0.25, -0.2) is 9.29 Å². The van der Waals surface area contributed by atoms with E-state index in [0.29, 0.717) is 5.69 Å². The highest BCUT2D eigenvalue weighted by atomic mass is 19.1. The van der Waals surface area contributed by atoms with Crippen molar-refractivity contribution in [3.63, 3.8) is 0 Å². The van der Waals surface area contributed by atoms with E-state index >= 15 is 0 Å². The summed E-state index contributed by atoms with van der Waals surface area (Å²) < 4.78 is 13.5. The van der Waals surface area contributed by atoms with Gasteiger partial charge in [0.15, 0.2) is 5.78 Å². The molecule has 0 spiro atoms. The lowest BCUT2D eigenvalue weighted by Gasteiger charge is -2.36. The van der Waals surface area contributed by atoms with Crippen LogP contribution in [0.4, 0.5) is 21.5 Å². The van der Waals surface area contributed by atoms with E-state index in [9.17, 15) is 28.9 Å². The summed E-state index contributed by atoms with van der Waals surface area (Å²) in [6, 6.07) is 16.1. The zero-order valence-electron chi connectivity index (χ0n) is 18.7. The summed E-state index contributed by atoms with van der Waals surface area (Å²) in [4.78, 5) is 54.9. The van der Waals surface area contributed by atoms with Gasteiger partial charge in [0.05, 0.1) is 28.5 Å². The van der Waals surface area contributed by atoms with Crippen LogP contribution in [0.1, 0.15) is 15.9 Å². The van der Waals surface area contributed by atoms with Gasteiger partial charge in [-0.3, -0.25) is 24.5 Å². The third-order valence-corrected chi connectivity index (χ3v) is 7.11. The molecule has 0 radical (unpaired) electrons. The number of halogens is 1. The van der Waals surface area contributed by atoms with Crippen LogP contribution in [0.3, 0.4) is 0 Å². The van der Waals surface area contributed by atoms with E-state index in [0.717, 1.165) is 10.5 Å². The lowest BCUT2D eigenvalue weighted by molar-refractivity contribution is -0.384. The van der Waals surface area contributed by atoms with Crippen molar-refractivity contribution in [2.45, 2.75) is 12.1 Å². The van der Waals surface area contributed by atoms with Crippen LogP contribution >= 0.6 is 0 Å². The normalized spacial score (nSPS) is 23.9. The second-order valence-corrected chi connectivity index (χ2v) is 8.97. The van der Waals surface area contributed by atoms with Gasteiger partial charge >= 0.3 is 0 Å².